The number of aromatic nitrogens is 2. The largest absolute Gasteiger partial charge is 0.481 e. The number of nitrogens with zero attached hydrogens (tertiary/aromatic N) is 5. The lowest BCUT2D eigenvalue weighted by Crippen LogP contribution is -2.64. The molecular formula is C46H66N6O9. The lowest BCUT2D eigenvalue weighted by Gasteiger charge is -2.70. The zero-order valence-electron chi connectivity index (χ0n) is 37.4. The first kappa shape index (κ1) is 44.8. The van der Waals surface area contributed by atoms with Gasteiger partial charge in [-0.05, 0) is 129 Å². The molecule has 5 aliphatic carbocycles. The monoisotopic (exact) mass is 846 g/mol. The Labute approximate surface area is 358 Å². The Morgan fingerprint density at radius 1 is 0.984 bits per heavy atom. The molecule has 1 aromatic heterocycles. The number of oxime groups is 1. The van der Waals surface area contributed by atoms with Crippen LogP contribution in [0, 0.1) is 57.2 Å². The van der Waals surface area contributed by atoms with Gasteiger partial charge in [0.05, 0.1) is 17.2 Å². The highest BCUT2D eigenvalue weighted by molar-refractivity contribution is 5.91. The molecule has 1 aromatic rings. The molecule has 2 N–H and O–H groups in total. The first-order valence-electron chi connectivity index (χ1n) is 22.5. The van der Waals surface area contributed by atoms with Gasteiger partial charge in [-0.3, -0.25) is 23.9 Å². The summed E-state index contributed by atoms with van der Waals surface area (Å²) in [6.45, 7) is 18.0. The van der Waals surface area contributed by atoms with E-state index < -0.39 is 52.9 Å². The Bertz CT molecular complexity index is 2170. The van der Waals surface area contributed by atoms with Crippen LogP contribution in [-0.2, 0) is 28.7 Å². The van der Waals surface area contributed by atoms with Gasteiger partial charge >= 0.3 is 23.6 Å². The number of hydrogen-bond donors (Lipinski definition) is 2. The Kier molecular flexibility index (Phi) is 11.9. The van der Waals surface area contributed by atoms with Crippen molar-refractivity contribution in [1.82, 2.24) is 9.55 Å². The van der Waals surface area contributed by atoms with Gasteiger partial charge in [-0.1, -0.05) is 70.4 Å². The topological polar surface area (TPSA) is 215 Å². The molecule has 15 nitrogen and oxygen atoms in total. The van der Waals surface area contributed by atoms with E-state index in [0.717, 1.165) is 69.9 Å². The van der Waals surface area contributed by atoms with Crippen molar-refractivity contribution in [2.24, 2.45) is 60.5 Å². The van der Waals surface area contributed by atoms with Crippen LogP contribution in [0.4, 0.5) is 0 Å². The molecule has 1 aliphatic heterocycles. The van der Waals surface area contributed by atoms with E-state index in [4.69, 9.17) is 19.8 Å². The number of carbonyl (C=O) groups excluding carboxylic acids is 2. The smallest absolute Gasteiger partial charge is 0.335 e. The van der Waals surface area contributed by atoms with Crippen molar-refractivity contribution in [3.05, 3.63) is 54.7 Å². The number of azide groups is 1. The van der Waals surface area contributed by atoms with Gasteiger partial charge in [0, 0.05) is 41.3 Å². The summed E-state index contributed by atoms with van der Waals surface area (Å²) in [5.41, 5.74) is 9.81. The number of fused-ring (bicyclic) bond motifs is 7. The van der Waals surface area contributed by atoms with Gasteiger partial charge < -0.3 is 19.4 Å². The predicted octanol–water partition coefficient (Wildman–Crippen LogP) is 8.70. The molecule has 334 valence electrons. The minimum Gasteiger partial charge on any atom is -0.481 e. The highest BCUT2D eigenvalue weighted by atomic mass is 16.7. The number of aryl methyl sites for hydroxylation is 1. The fraction of sp³-hybridized carbons (Fsp3) is 0.783. The highest BCUT2D eigenvalue weighted by Gasteiger charge is 2.69. The van der Waals surface area contributed by atoms with E-state index in [2.05, 4.69) is 74.7 Å². The van der Waals surface area contributed by atoms with Crippen LogP contribution < -0.4 is 11.2 Å². The highest BCUT2D eigenvalue weighted by Crippen LogP contribution is 2.75. The minimum atomic E-state index is -0.809. The molecule has 1 saturated heterocycles. The quantitative estimate of drug-likeness (QED) is 0.0318. The van der Waals surface area contributed by atoms with Crippen LogP contribution in [0.25, 0.3) is 10.4 Å². The Morgan fingerprint density at radius 2 is 1.69 bits per heavy atom. The maximum absolute atomic E-state index is 13.0. The molecule has 7 rings (SSSR count). The molecule has 10 atom stereocenters. The normalized spacial score (nSPS) is 37.8. The van der Waals surface area contributed by atoms with E-state index in [9.17, 15) is 29.1 Å². The summed E-state index contributed by atoms with van der Waals surface area (Å²) in [4.78, 5) is 73.4. The van der Waals surface area contributed by atoms with Crippen LogP contribution in [-0.4, -0.2) is 57.0 Å². The molecule has 0 amide bonds. The number of hydrogen-bond acceptors (Lipinski definition) is 10. The van der Waals surface area contributed by atoms with Crippen molar-refractivity contribution < 1.29 is 33.8 Å². The van der Waals surface area contributed by atoms with Crippen LogP contribution in [0.5, 0.6) is 0 Å². The Hall–Kier alpha value is -4.23. The second-order valence-electron chi connectivity index (χ2n) is 21.4. The van der Waals surface area contributed by atoms with Crippen molar-refractivity contribution in [2.45, 2.75) is 170 Å². The van der Waals surface area contributed by atoms with Gasteiger partial charge in [0.25, 0.3) is 5.56 Å². The van der Waals surface area contributed by atoms with Crippen LogP contribution in [0.2, 0.25) is 0 Å². The lowest BCUT2D eigenvalue weighted by atomic mass is 9.33. The van der Waals surface area contributed by atoms with Gasteiger partial charge in [-0.25, -0.2) is 9.59 Å². The van der Waals surface area contributed by atoms with Crippen molar-refractivity contribution in [2.75, 3.05) is 6.61 Å². The molecule has 6 aliphatic rings. The van der Waals surface area contributed by atoms with Crippen LogP contribution in [0.3, 0.4) is 0 Å². The number of aliphatic carboxylic acids is 1. The maximum Gasteiger partial charge on any atom is 0.335 e. The number of ether oxygens (including phenoxy) is 2. The number of aromatic amines is 1. The minimum absolute atomic E-state index is 0.0454. The second kappa shape index (κ2) is 16.2. The molecule has 15 heteroatoms. The van der Waals surface area contributed by atoms with Crippen molar-refractivity contribution in [3.63, 3.8) is 0 Å². The molecule has 0 bridgehead atoms. The number of rotatable bonds is 11. The number of carboxylic acids is 1. The van der Waals surface area contributed by atoms with Crippen LogP contribution >= 0.6 is 0 Å². The van der Waals surface area contributed by atoms with E-state index in [0.29, 0.717) is 30.2 Å². The summed E-state index contributed by atoms with van der Waals surface area (Å²) in [5.74, 6) is -0.669. The lowest BCUT2D eigenvalue weighted by molar-refractivity contribution is -0.179. The molecule has 5 fully saturated rings. The fourth-order valence-corrected chi connectivity index (χ4v) is 13.6. The number of esters is 1. The van der Waals surface area contributed by atoms with Crippen molar-refractivity contribution >= 4 is 23.6 Å². The fourth-order valence-electron chi connectivity index (χ4n) is 13.6. The van der Waals surface area contributed by atoms with E-state index in [-0.39, 0.29) is 58.9 Å². The zero-order valence-corrected chi connectivity index (χ0v) is 37.4. The zero-order chi connectivity index (χ0) is 44.3. The van der Waals surface area contributed by atoms with Gasteiger partial charge in [0.2, 0.25) is 0 Å². The SMILES string of the molecule is Cc1cn([C@H]2C[C@H](N=[N+]=[N-])[C@@H](COC(=O)CCCCC(=O)O/N=C3\CC[C@]4(C)[C@H]5CC=C6[C@@H]7CC(C)(C)CC[C@]7(C(=O)O)CC[C@@]6(C)[C@]5(C)CC[C@H]4C3(C)C)O2)c(=O)[nH]c1=O. The molecular weight excluding hydrogens is 781 g/mol. The second-order valence-corrected chi connectivity index (χ2v) is 21.4. The van der Waals surface area contributed by atoms with E-state index in [1.807, 2.05) is 0 Å². The maximum atomic E-state index is 13.0. The summed E-state index contributed by atoms with van der Waals surface area (Å²) in [7, 11) is 0. The van der Waals surface area contributed by atoms with E-state index >= 15 is 0 Å². The number of carbonyl (C=O) groups is 3. The van der Waals surface area contributed by atoms with E-state index in [1.54, 1.807) is 6.92 Å². The Balaban J connectivity index is 0.917. The summed E-state index contributed by atoms with van der Waals surface area (Å²) >= 11 is 0. The summed E-state index contributed by atoms with van der Waals surface area (Å²) in [6, 6.07) is -0.690. The van der Waals surface area contributed by atoms with E-state index in [1.165, 1.54) is 16.3 Å². The average molecular weight is 847 g/mol. The number of H-pyrrole nitrogens is 1. The molecule has 2 heterocycles. The van der Waals surface area contributed by atoms with Crippen LogP contribution in [0.1, 0.15) is 157 Å². The number of carboxylic acid groups (broad SMARTS) is 1. The summed E-state index contributed by atoms with van der Waals surface area (Å²) in [6.07, 6.45) is 12.5. The third-order valence-corrected chi connectivity index (χ3v) is 17.4. The van der Waals surface area contributed by atoms with Gasteiger partial charge in [-0.2, -0.15) is 0 Å². The van der Waals surface area contributed by atoms with Gasteiger partial charge in [0.1, 0.15) is 18.9 Å². The van der Waals surface area contributed by atoms with Crippen molar-refractivity contribution in [1.29, 1.82) is 0 Å². The van der Waals surface area contributed by atoms with Gasteiger partial charge in [0.15, 0.2) is 0 Å². The summed E-state index contributed by atoms with van der Waals surface area (Å²) in [5, 5.41) is 19.0. The third-order valence-electron chi connectivity index (χ3n) is 17.4. The molecule has 0 spiro atoms. The predicted molar refractivity (Wildman–Crippen MR) is 227 cm³/mol. The standard InChI is InChI=1S/C46H66N6O9/c1-27-25-52(40(58)48-38(27)55)35-23-30(49-51-47)31(60-35)26-59-36(53)11-9-10-12-37(54)61-50-34-16-17-43(6)32(42(34,4)5)15-18-45(8)33(43)14-13-28-29-24-41(2,3)19-21-46(29,39(56)57)22-20-44(28,45)7/h13,25,29-33,35H,9-12,14-24,26H2,1-8H3,(H,56,57)(H,48,55,58)/b50-34+/t29-,30-,31+,32-,33+,35+,43-,44+,45+,46-/m0/s1. The van der Waals surface area contributed by atoms with Gasteiger partial charge in [-0.15, -0.1) is 0 Å². The number of allylic oxidation sites excluding steroid dienone is 2. The van der Waals surface area contributed by atoms with Crippen LogP contribution in [0.15, 0.2) is 37.7 Å². The number of nitrogens with one attached hydrogen (secondary N) is 1. The number of unbranched alkanes of at least 4 members (excludes halogenated alkanes) is 1. The first-order valence-corrected chi connectivity index (χ1v) is 22.5. The molecule has 0 aromatic carbocycles. The molecule has 61 heavy (non-hydrogen) atoms. The van der Waals surface area contributed by atoms with Crippen molar-refractivity contribution in [3.8, 4) is 0 Å². The average Bonchev–Trinajstić information content (AvgIpc) is 3.58. The Morgan fingerprint density at radius 3 is 2.39 bits per heavy atom. The first-order chi connectivity index (χ1) is 28.6. The molecule has 0 unspecified atom stereocenters. The third kappa shape index (κ3) is 7.69. The molecule has 4 saturated carbocycles. The summed E-state index contributed by atoms with van der Waals surface area (Å²) < 4.78 is 12.6. The molecule has 0 radical (unpaired) electrons.